The minimum absolute atomic E-state index is 0.0377. The largest absolute Gasteiger partial charge is 0.319 e. The predicted octanol–water partition coefficient (Wildman–Crippen LogP) is 3.16. The van der Waals surface area contributed by atoms with E-state index in [1.165, 1.54) is 22.5 Å². The summed E-state index contributed by atoms with van der Waals surface area (Å²) in [6.45, 7) is 11.9. The summed E-state index contributed by atoms with van der Waals surface area (Å²) in [5.41, 5.74) is 0.619. The summed E-state index contributed by atoms with van der Waals surface area (Å²) in [7, 11) is -3.69. The summed E-state index contributed by atoms with van der Waals surface area (Å²) in [6, 6.07) is 4.16. The van der Waals surface area contributed by atoms with Crippen molar-refractivity contribution in [1.29, 1.82) is 0 Å². The zero-order chi connectivity index (χ0) is 22.3. The monoisotopic (exact) mass is 455 g/mol. The number of aromatic nitrogens is 2. The van der Waals surface area contributed by atoms with Gasteiger partial charge in [-0.05, 0) is 31.3 Å². The van der Waals surface area contributed by atoms with Crippen molar-refractivity contribution in [1.82, 2.24) is 19.0 Å². The van der Waals surface area contributed by atoms with Gasteiger partial charge in [0, 0.05) is 25.8 Å². The van der Waals surface area contributed by atoms with Crippen molar-refractivity contribution in [3.63, 3.8) is 0 Å². The van der Waals surface area contributed by atoms with Gasteiger partial charge in [-0.2, -0.15) is 9.40 Å². The number of likely N-dealkylation sites (N-methyl/N-ethyl adjacent to an activating group) is 1. The van der Waals surface area contributed by atoms with Gasteiger partial charge in [0.1, 0.15) is 0 Å². The fourth-order valence-electron chi connectivity index (χ4n) is 3.08. The van der Waals surface area contributed by atoms with Crippen molar-refractivity contribution in [2.75, 3.05) is 38.0 Å². The maximum absolute atomic E-state index is 12.8. The second kappa shape index (κ2) is 10.9. The van der Waals surface area contributed by atoms with E-state index in [2.05, 4.69) is 29.2 Å². The Bertz CT molecular complexity index is 953. The normalized spacial score (nSPS) is 12.0. The SMILES string of the molecule is CCN(CC)CCn1cc(NC(=O)c2cc(S(=O)(=O)N(CC)CC)ccc2Cl)cn1. The molecule has 166 valence electrons. The smallest absolute Gasteiger partial charge is 0.257 e. The summed E-state index contributed by atoms with van der Waals surface area (Å²) in [5.74, 6) is -0.486. The lowest BCUT2D eigenvalue weighted by Crippen LogP contribution is -2.30. The molecule has 2 aromatic rings. The van der Waals surface area contributed by atoms with Crippen LogP contribution in [0.3, 0.4) is 0 Å². The number of amides is 1. The molecule has 0 saturated heterocycles. The number of nitrogens with zero attached hydrogens (tertiary/aromatic N) is 4. The summed E-state index contributed by atoms with van der Waals surface area (Å²) >= 11 is 6.18. The Morgan fingerprint density at radius 1 is 1.13 bits per heavy atom. The predicted molar refractivity (Wildman–Crippen MR) is 120 cm³/mol. The number of rotatable bonds is 11. The lowest BCUT2D eigenvalue weighted by atomic mass is 10.2. The lowest BCUT2D eigenvalue weighted by Gasteiger charge is -2.19. The molecule has 0 unspecified atom stereocenters. The number of sulfonamides is 1. The molecule has 1 N–H and O–H groups in total. The fraction of sp³-hybridized carbons (Fsp3) is 0.500. The molecule has 0 spiro atoms. The quantitative estimate of drug-likeness (QED) is 0.562. The van der Waals surface area contributed by atoms with Gasteiger partial charge in [0.2, 0.25) is 10.0 Å². The maximum Gasteiger partial charge on any atom is 0.257 e. The second-order valence-electron chi connectivity index (χ2n) is 6.70. The van der Waals surface area contributed by atoms with Crippen molar-refractivity contribution < 1.29 is 13.2 Å². The average molecular weight is 456 g/mol. The molecule has 8 nitrogen and oxygen atoms in total. The van der Waals surface area contributed by atoms with Gasteiger partial charge in [0.15, 0.2) is 0 Å². The van der Waals surface area contributed by atoms with Gasteiger partial charge in [-0.1, -0.05) is 39.3 Å². The number of hydrogen-bond donors (Lipinski definition) is 1. The Hall–Kier alpha value is -1.94. The van der Waals surface area contributed by atoms with Gasteiger partial charge in [-0.25, -0.2) is 8.42 Å². The molecule has 10 heteroatoms. The van der Waals surface area contributed by atoms with Crippen molar-refractivity contribution >= 4 is 33.2 Å². The van der Waals surface area contributed by atoms with Crippen LogP contribution in [0.15, 0.2) is 35.5 Å². The molecule has 30 heavy (non-hydrogen) atoms. The Labute approximate surface area is 183 Å². The van der Waals surface area contributed by atoms with Crippen LogP contribution in [-0.4, -0.2) is 66.0 Å². The van der Waals surface area contributed by atoms with Crippen LogP contribution in [0.1, 0.15) is 38.1 Å². The number of nitrogens with one attached hydrogen (secondary N) is 1. The molecular formula is C20H30ClN5O3S. The summed E-state index contributed by atoms with van der Waals surface area (Å²) < 4.78 is 28.6. The van der Waals surface area contributed by atoms with E-state index in [1.807, 2.05) is 0 Å². The van der Waals surface area contributed by atoms with E-state index in [9.17, 15) is 13.2 Å². The molecule has 1 aromatic carbocycles. The lowest BCUT2D eigenvalue weighted by molar-refractivity contribution is 0.102. The molecule has 1 heterocycles. The highest BCUT2D eigenvalue weighted by Crippen LogP contribution is 2.24. The van der Waals surface area contributed by atoms with E-state index in [-0.39, 0.29) is 15.5 Å². The Balaban J connectivity index is 2.16. The molecule has 0 aliphatic carbocycles. The zero-order valence-electron chi connectivity index (χ0n) is 17.9. The molecule has 0 aliphatic rings. The number of anilines is 1. The van der Waals surface area contributed by atoms with Gasteiger partial charge in [0.05, 0.1) is 33.9 Å². The minimum atomic E-state index is -3.69. The van der Waals surface area contributed by atoms with Crippen LogP contribution in [0.4, 0.5) is 5.69 Å². The van der Waals surface area contributed by atoms with Crippen molar-refractivity contribution in [2.24, 2.45) is 0 Å². The Morgan fingerprint density at radius 2 is 1.80 bits per heavy atom. The molecule has 0 bridgehead atoms. The van der Waals surface area contributed by atoms with Crippen LogP contribution in [0, 0.1) is 0 Å². The first-order valence-corrected chi connectivity index (χ1v) is 11.9. The van der Waals surface area contributed by atoms with Gasteiger partial charge in [-0.3, -0.25) is 9.48 Å². The molecule has 0 aliphatic heterocycles. The van der Waals surface area contributed by atoms with Crippen LogP contribution in [0.25, 0.3) is 0 Å². The number of benzene rings is 1. The molecule has 2 rings (SSSR count). The topological polar surface area (TPSA) is 87.5 Å². The first-order chi connectivity index (χ1) is 14.3. The Kier molecular flexibility index (Phi) is 8.84. The number of carbonyl (C=O) groups excluding carboxylic acids is 1. The van der Waals surface area contributed by atoms with Gasteiger partial charge < -0.3 is 10.2 Å². The number of hydrogen-bond acceptors (Lipinski definition) is 5. The molecular weight excluding hydrogens is 426 g/mol. The molecule has 0 saturated carbocycles. The first-order valence-electron chi connectivity index (χ1n) is 10.1. The van der Waals surface area contributed by atoms with E-state index in [0.29, 0.717) is 25.3 Å². The Morgan fingerprint density at radius 3 is 2.40 bits per heavy atom. The van der Waals surface area contributed by atoms with E-state index < -0.39 is 15.9 Å². The minimum Gasteiger partial charge on any atom is -0.319 e. The molecule has 0 atom stereocenters. The molecule has 0 fully saturated rings. The molecule has 1 aromatic heterocycles. The van der Waals surface area contributed by atoms with Crippen molar-refractivity contribution in [3.8, 4) is 0 Å². The van der Waals surface area contributed by atoms with Crippen LogP contribution in [0.2, 0.25) is 5.02 Å². The van der Waals surface area contributed by atoms with Crippen LogP contribution >= 0.6 is 11.6 Å². The van der Waals surface area contributed by atoms with Crippen molar-refractivity contribution in [3.05, 3.63) is 41.2 Å². The maximum atomic E-state index is 12.8. The van der Waals surface area contributed by atoms with Gasteiger partial charge in [-0.15, -0.1) is 0 Å². The third-order valence-electron chi connectivity index (χ3n) is 4.96. The number of carbonyl (C=O) groups is 1. The highest BCUT2D eigenvalue weighted by atomic mass is 35.5. The fourth-order valence-corrected chi connectivity index (χ4v) is 4.77. The highest BCUT2D eigenvalue weighted by molar-refractivity contribution is 7.89. The second-order valence-corrected chi connectivity index (χ2v) is 9.05. The first kappa shape index (κ1) is 24.3. The third-order valence-corrected chi connectivity index (χ3v) is 7.33. The summed E-state index contributed by atoms with van der Waals surface area (Å²) in [5, 5.41) is 7.19. The van der Waals surface area contributed by atoms with E-state index in [0.717, 1.165) is 19.6 Å². The van der Waals surface area contributed by atoms with E-state index in [1.54, 1.807) is 30.9 Å². The zero-order valence-corrected chi connectivity index (χ0v) is 19.5. The van der Waals surface area contributed by atoms with Gasteiger partial charge >= 0.3 is 0 Å². The van der Waals surface area contributed by atoms with Gasteiger partial charge in [0.25, 0.3) is 5.91 Å². The molecule has 0 radical (unpaired) electrons. The molecule has 1 amide bonds. The standard InChI is InChI=1S/C20H30ClN5O3S/c1-5-24(6-2)11-12-25-15-16(14-22-25)23-20(27)18-13-17(9-10-19(18)21)30(28,29)26(7-3)8-4/h9-10,13-15H,5-8,11-12H2,1-4H3,(H,23,27). The third kappa shape index (κ3) is 5.81. The highest BCUT2D eigenvalue weighted by Gasteiger charge is 2.24. The van der Waals surface area contributed by atoms with Crippen LogP contribution in [-0.2, 0) is 16.6 Å². The van der Waals surface area contributed by atoms with E-state index in [4.69, 9.17) is 11.6 Å². The van der Waals surface area contributed by atoms with Crippen LogP contribution in [0.5, 0.6) is 0 Å². The summed E-state index contributed by atoms with van der Waals surface area (Å²) in [4.78, 5) is 15.1. The van der Waals surface area contributed by atoms with Crippen LogP contribution < -0.4 is 5.32 Å². The van der Waals surface area contributed by atoms with Crippen molar-refractivity contribution in [2.45, 2.75) is 39.1 Å². The average Bonchev–Trinajstić information content (AvgIpc) is 3.16. The summed E-state index contributed by atoms with van der Waals surface area (Å²) in [6.07, 6.45) is 3.30. The van der Waals surface area contributed by atoms with E-state index >= 15 is 0 Å². The number of halogens is 1.